The smallest absolute Gasteiger partial charge is 0.341 e. The van der Waals surface area contributed by atoms with Gasteiger partial charge in [-0.25, -0.2) is 4.79 Å². The highest BCUT2D eigenvalue weighted by Crippen LogP contribution is 2.25. The molecule has 4 heteroatoms. The summed E-state index contributed by atoms with van der Waals surface area (Å²) in [5.74, 6) is -0.798. The Kier molecular flexibility index (Phi) is 3.71. The molecule has 0 aromatic heterocycles. The molecule has 0 bridgehead atoms. The first-order chi connectivity index (χ1) is 9.09. The van der Waals surface area contributed by atoms with Crippen LogP contribution in [0.25, 0.3) is 0 Å². The molecule has 0 aliphatic heterocycles. The maximum absolute atomic E-state index is 11.2. The molecule has 2 rings (SSSR count). The van der Waals surface area contributed by atoms with Gasteiger partial charge in [0.25, 0.3) is 0 Å². The van der Waals surface area contributed by atoms with Crippen LogP contribution in [0.1, 0.15) is 21.5 Å². The first kappa shape index (κ1) is 13.0. The van der Waals surface area contributed by atoms with Crippen LogP contribution >= 0.6 is 0 Å². The minimum atomic E-state index is -1.09. The Morgan fingerprint density at radius 1 is 1.21 bits per heavy atom. The lowest BCUT2D eigenvalue weighted by atomic mass is 10.1. The SMILES string of the molecule is Cc1ccccc1COc1cccc(N)c1C(=O)O. The van der Waals surface area contributed by atoms with E-state index in [0.717, 1.165) is 11.1 Å². The maximum Gasteiger partial charge on any atom is 0.341 e. The average molecular weight is 257 g/mol. The van der Waals surface area contributed by atoms with Crippen LogP contribution in [0, 0.1) is 6.92 Å². The van der Waals surface area contributed by atoms with E-state index >= 15 is 0 Å². The summed E-state index contributed by atoms with van der Waals surface area (Å²) >= 11 is 0. The van der Waals surface area contributed by atoms with E-state index in [2.05, 4.69) is 0 Å². The standard InChI is InChI=1S/C15H15NO3/c1-10-5-2-3-6-11(10)9-19-13-8-4-7-12(16)14(13)15(17)18/h2-8H,9,16H2,1H3,(H,17,18). The van der Waals surface area contributed by atoms with E-state index in [4.69, 9.17) is 15.6 Å². The van der Waals surface area contributed by atoms with Crippen LogP contribution < -0.4 is 10.5 Å². The van der Waals surface area contributed by atoms with Crippen molar-refractivity contribution in [3.05, 3.63) is 59.2 Å². The van der Waals surface area contributed by atoms with E-state index in [-0.39, 0.29) is 17.0 Å². The number of aryl methyl sites for hydroxylation is 1. The Balaban J connectivity index is 2.23. The van der Waals surface area contributed by atoms with E-state index < -0.39 is 5.97 Å². The minimum absolute atomic E-state index is 0.0103. The normalized spacial score (nSPS) is 10.2. The van der Waals surface area contributed by atoms with Gasteiger partial charge in [-0.05, 0) is 30.2 Å². The third kappa shape index (κ3) is 2.85. The van der Waals surface area contributed by atoms with Crippen LogP contribution in [0.5, 0.6) is 5.75 Å². The first-order valence-corrected chi connectivity index (χ1v) is 5.88. The van der Waals surface area contributed by atoms with Gasteiger partial charge in [-0.3, -0.25) is 0 Å². The van der Waals surface area contributed by atoms with E-state index in [1.807, 2.05) is 31.2 Å². The maximum atomic E-state index is 11.2. The van der Waals surface area contributed by atoms with Gasteiger partial charge in [-0.2, -0.15) is 0 Å². The largest absolute Gasteiger partial charge is 0.488 e. The molecule has 4 nitrogen and oxygen atoms in total. The van der Waals surface area contributed by atoms with Gasteiger partial charge < -0.3 is 15.6 Å². The molecule has 0 radical (unpaired) electrons. The van der Waals surface area contributed by atoms with Crippen molar-refractivity contribution in [2.45, 2.75) is 13.5 Å². The number of carboxylic acid groups (broad SMARTS) is 1. The molecular formula is C15H15NO3. The van der Waals surface area contributed by atoms with E-state index in [1.165, 1.54) is 0 Å². The van der Waals surface area contributed by atoms with E-state index in [1.54, 1.807) is 18.2 Å². The van der Waals surface area contributed by atoms with Crippen molar-refractivity contribution in [2.24, 2.45) is 0 Å². The number of nitrogen functional groups attached to an aromatic ring is 1. The monoisotopic (exact) mass is 257 g/mol. The van der Waals surface area contributed by atoms with Crippen molar-refractivity contribution in [1.82, 2.24) is 0 Å². The number of carbonyl (C=O) groups is 1. The molecule has 0 aliphatic rings. The van der Waals surface area contributed by atoms with Crippen LogP contribution in [0.2, 0.25) is 0 Å². The van der Waals surface area contributed by atoms with E-state index in [9.17, 15) is 4.79 Å². The van der Waals surface area contributed by atoms with Crippen molar-refractivity contribution in [1.29, 1.82) is 0 Å². The molecule has 98 valence electrons. The van der Waals surface area contributed by atoms with Gasteiger partial charge in [0.2, 0.25) is 0 Å². The molecule has 0 spiro atoms. The van der Waals surface area contributed by atoms with Crippen molar-refractivity contribution in [2.75, 3.05) is 5.73 Å². The fourth-order valence-electron chi connectivity index (χ4n) is 1.82. The van der Waals surface area contributed by atoms with Crippen LogP contribution in [-0.4, -0.2) is 11.1 Å². The lowest BCUT2D eigenvalue weighted by molar-refractivity contribution is 0.0693. The van der Waals surface area contributed by atoms with Gasteiger partial charge >= 0.3 is 5.97 Å². The number of hydrogen-bond donors (Lipinski definition) is 2. The van der Waals surface area contributed by atoms with Gasteiger partial charge in [0.15, 0.2) is 0 Å². The van der Waals surface area contributed by atoms with Crippen molar-refractivity contribution in [3.63, 3.8) is 0 Å². The van der Waals surface area contributed by atoms with Crippen LogP contribution in [0.4, 0.5) is 5.69 Å². The fraction of sp³-hybridized carbons (Fsp3) is 0.133. The summed E-state index contributed by atoms with van der Waals surface area (Å²) in [6.07, 6.45) is 0. The summed E-state index contributed by atoms with van der Waals surface area (Å²) in [5.41, 5.74) is 7.99. The minimum Gasteiger partial charge on any atom is -0.488 e. The van der Waals surface area contributed by atoms with Crippen LogP contribution in [-0.2, 0) is 6.61 Å². The highest BCUT2D eigenvalue weighted by atomic mass is 16.5. The summed E-state index contributed by atoms with van der Waals surface area (Å²) in [7, 11) is 0. The van der Waals surface area contributed by atoms with Crippen molar-refractivity contribution in [3.8, 4) is 5.75 Å². The predicted octanol–water partition coefficient (Wildman–Crippen LogP) is 2.85. The molecule has 0 saturated heterocycles. The lowest BCUT2D eigenvalue weighted by Crippen LogP contribution is -2.07. The number of aromatic carboxylic acids is 1. The zero-order chi connectivity index (χ0) is 13.8. The molecule has 2 aromatic rings. The molecule has 2 aromatic carbocycles. The second-order valence-electron chi connectivity index (χ2n) is 4.24. The molecule has 0 amide bonds. The average Bonchev–Trinajstić information content (AvgIpc) is 2.37. The number of hydrogen-bond acceptors (Lipinski definition) is 3. The van der Waals surface area contributed by atoms with Crippen LogP contribution in [0.3, 0.4) is 0 Å². The third-order valence-corrected chi connectivity index (χ3v) is 2.92. The number of ether oxygens (including phenoxy) is 1. The fourth-order valence-corrected chi connectivity index (χ4v) is 1.82. The Morgan fingerprint density at radius 3 is 2.63 bits per heavy atom. The highest BCUT2D eigenvalue weighted by Gasteiger charge is 2.15. The lowest BCUT2D eigenvalue weighted by Gasteiger charge is -2.12. The molecule has 0 unspecified atom stereocenters. The quantitative estimate of drug-likeness (QED) is 0.826. The number of anilines is 1. The van der Waals surface area contributed by atoms with Gasteiger partial charge in [0.05, 0.1) is 0 Å². The molecule has 0 heterocycles. The van der Waals surface area contributed by atoms with E-state index in [0.29, 0.717) is 6.61 Å². The summed E-state index contributed by atoms with van der Waals surface area (Å²) in [4.78, 5) is 11.2. The third-order valence-electron chi connectivity index (χ3n) is 2.92. The molecular weight excluding hydrogens is 242 g/mol. The Labute approximate surface area is 111 Å². The number of nitrogens with two attached hydrogens (primary N) is 1. The second kappa shape index (κ2) is 5.44. The molecule has 19 heavy (non-hydrogen) atoms. The summed E-state index contributed by atoms with van der Waals surface area (Å²) < 4.78 is 5.59. The zero-order valence-corrected chi connectivity index (χ0v) is 10.6. The molecule has 0 fully saturated rings. The summed E-state index contributed by atoms with van der Waals surface area (Å²) in [5, 5.41) is 9.14. The Bertz CT molecular complexity index is 608. The molecule has 3 N–H and O–H groups in total. The highest BCUT2D eigenvalue weighted by molar-refractivity contribution is 5.96. The van der Waals surface area contributed by atoms with Crippen molar-refractivity contribution < 1.29 is 14.6 Å². The van der Waals surface area contributed by atoms with Gasteiger partial charge in [-0.15, -0.1) is 0 Å². The number of rotatable bonds is 4. The molecule has 0 saturated carbocycles. The van der Waals surface area contributed by atoms with Gasteiger partial charge in [0.1, 0.15) is 17.9 Å². The van der Waals surface area contributed by atoms with Gasteiger partial charge in [0, 0.05) is 5.69 Å². The summed E-state index contributed by atoms with van der Waals surface area (Å²) in [6.45, 7) is 2.30. The van der Waals surface area contributed by atoms with Crippen LogP contribution in [0.15, 0.2) is 42.5 Å². The number of benzene rings is 2. The molecule has 0 aliphatic carbocycles. The Hall–Kier alpha value is -2.49. The Morgan fingerprint density at radius 2 is 1.95 bits per heavy atom. The van der Waals surface area contributed by atoms with Crippen molar-refractivity contribution >= 4 is 11.7 Å². The zero-order valence-electron chi connectivity index (χ0n) is 10.6. The topological polar surface area (TPSA) is 72.5 Å². The van der Waals surface area contributed by atoms with Gasteiger partial charge in [-0.1, -0.05) is 30.3 Å². The predicted molar refractivity (Wildman–Crippen MR) is 73.3 cm³/mol. The summed E-state index contributed by atoms with van der Waals surface area (Å²) in [6, 6.07) is 12.6. The number of carboxylic acids is 1. The molecule has 0 atom stereocenters. The first-order valence-electron chi connectivity index (χ1n) is 5.88. The second-order valence-corrected chi connectivity index (χ2v) is 4.24.